The van der Waals surface area contributed by atoms with Crippen LogP contribution in [0.2, 0.25) is 0 Å². The predicted octanol–water partition coefficient (Wildman–Crippen LogP) is 3.89. The molecule has 1 aliphatic rings. The topological polar surface area (TPSA) is 24.9 Å². The molecular formula is C15H20N2S. The number of aromatic nitrogens is 1. The number of fused-ring (bicyclic) bond motifs is 1. The summed E-state index contributed by atoms with van der Waals surface area (Å²) in [4.78, 5) is 4.77. The third-order valence-corrected chi connectivity index (χ3v) is 5.07. The van der Waals surface area contributed by atoms with E-state index in [1.165, 1.54) is 33.6 Å². The summed E-state index contributed by atoms with van der Waals surface area (Å²) < 4.78 is 1.33. The Hall–Kier alpha value is -0.930. The summed E-state index contributed by atoms with van der Waals surface area (Å²) in [5.41, 5.74) is 2.67. The van der Waals surface area contributed by atoms with Crippen LogP contribution >= 0.6 is 11.3 Å². The molecule has 0 unspecified atom stereocenters. The molecule has 3 heteroatoms. The minimum Gasteiger partial charge on any atom is -0.317 e. The molecule has 0 bridgehead atoms. The van der Waals surface area contributed by atoms with Gasteiger partial charge >= 0.3 is 0 Å². The first-order valence-electron chi connectivity index (χ1n) is 6.85. The average Bonchev–Trinajstić information content (AvgIpc) is 2.82. The highest BCUT2D eigenvalue weighted by Gasteiger charge is 2.16. The van der Waals surface area contributed by atoms with Crippen molar-refractivity contribution in [1.29, 1.82) is 0 Å². The van der Waals surface area contributed by atoms with Gasteiger partial charge in [0.1, 0.15) is 0 Å². The normalized spacial score (nSPS) is 17.7. The molecule has 0 atom stereocenters. The molecule has 0 amide bonds. The van der Waals surface area contributed by atoms with E-state index in [-0.39, 0.29) is 0 Å². The zero-order valence-corrected chi connectivity index (χ0v) is 11.9. The molecule has 1 fully saturated rings. The standard InChI is InChI=1S/C15H20N2S/c1-10(2)15-17-13-9-12(3-4-14(13)18-15)11-5-7-16-8-6-11/h3-4,9-11,16H,5-8H2,1-2H3. The third kappa shape index (κ3) is 2.29. The molecule has 96 valence electrons. The van der Waals surface area contributed by atoms with Crippen LogP contribution in [-0.2, 0) is 0 Å². The van der Waals surface area contributed by atoms with Crippen LogP contribution in [0.5, 0.6) is 0 Å². The number of hydrogen-bond acceptors (Lipinski definition) is 3. The summed E-state index contributed by atoms with van der Waals surface area (Å²) in [5, 5.41) is 4.68. The van der Waals surface area contributed by atoms with E-state index in [9.17, 15) is 0 Å². The van der Waals surface area contributed by atoms with Gasteiger partial charge in [0.15, 0.2) is 0 Å². The molecule has 18 heavy (non-hydrogen) atoms. The number of hydrogen-bond donors (Lipinski definition) is 1. The van der Waals surface area contributed by atoms with E-state index in [1.54, 1.807) is 0 Å². The smallest absolute Gasteiger partial charge is 0.0963 e. The number of thiazole rings is 1. The number of rotatable bonds is 2. The fourth-order valence-electron chi connectivity index (χ4n) is 2.62. The maximum Gasteiger partial charge on any atom is 0.0963 e. The SMILES string of the molecule is CC(C)c1nc2cc(C3CCNCC3)ccc2s1. The summed E-state index contributed by atoms with van der Waals surface area (Å²) >= 11 is 1.84. The zero-order chi connectivity index (χ0) is 12.5. The van der Waals surface area contributed by atoms with Crippen LogP contribution in [0.1, 0.15) is 49.1 Å². The molecule has 3 rings (SSSR count). The molecule has 0 aliphatic carbocycles. The van der Waals surface area contributed by atoms with Gasteiger partial charge in [0, 0.05) is 5.92 Å². The van der Waals surface area contributed by atoms with Gasteiger partial charge in [0.25, 0.3) is 0 Å². The van der Waals surface area contributed by atoms with Crippen molar-refractivity contribution < 1.29 is 0 Å². The van der Waals surface area contributed by atoms with Gasteiger partial charge in [-0.2, -0.15) is 0 Å². The Kier molecular flexibility index (Phi) is 3.35. The molecule has 0 saturated carbocycles. The second-order valence-electron chi connectivity index (χ2n) is 5.46. The Bertz CT molecular complexity index is 538. The predicted molar refractivity (Wildman–Crippen MR) is 78.6 cm³/mol. The van der Waals surface area contributed by atoms with Gasteiger partial charge in [-0.15, -0.1) is 11.3 Å². The van der Waals surface area contributed by atoms with E-state index in [4.69, 9.17) is 4.98 Å². The summed E-state index contributed by atoms with van der Waals surface area (Å²) in [6, 6.07) is 6.88. The van der Waals surface area contributed by atoms with Crippen LogP contribution in [0.15, 0.2) is 18.2 Å². The molecule has 2 nitrogen and oxygen atoms in total. The minimum atomic E-state index is 0.532. The van der Waals surface area contributed by atoms with E-state index in [0.29, 0.717) is 5.92 Å². The van der Waals surface area contributed by atoms with Crippen molar-refractivity contribution in [2.24, 2.45) is 0 Å². The zero-order valence-electron chi connectivity index (χ0n) is 11.1. The lowest BCUT2D eigenvalue weighted by Gasteiger charge is -2.22. The second-order valence-corrected chi connectivity index (χ2v) is 6.52. The largest absolute Gasteiger partial charge is 0.317 e. The fraction of sp³-hybridized carbons (Fsp3) is 0.533. The van der Waals surface area contributed by atoms with Gasteiger partial charge in [-0.25, -0.2) is 4.98 Å². The lowest BCUT2D eigenvalue weighted by Crippen LogP contribution is -2.26. The number of piperidine rings is 1. The van der Waals surface area contributed by atoms with Gasteiger partial charge in [-0.3, -0.25) is 0 Å². The highest BCUT2D eigenvalue weighted by molar-refractivity contribution is 7.18. The van der Waals surface area contributed by atoms with Crippen molar-refractivity contribution in [2.75, 3.05) is 13.1 Å². The summed E-state index contributed by atoms with van der Waals surface area (Å²) in [7, 11) is 0. The van der Waals surface area contributed by atoms with Crippen LogP contribution in [0.25, 0.3) is 10.2 Å². The Labute approximate surface area is 112 Å². The van der Waals surface area contributed by atoms with E-state index >= 15 is 0 Å². The number of benzene rings is 1. The van der Waals surface area contributed by atoms with Crippen LogP contribution in [0.3, 0.4) is 0 Å². The van der Waals surface area contributed by atoms with E-state index < -0.39 is 0 Å². The van der Waals surface area contributed by atoms with Gasteiger partial charge in [-0.1, -0.05) is 19.9 Å². The molecule has 1 aliphatic heterocycles. The average molecular weight is 260 g/mol. The molecule has 0 spiro atoms. The van der Waals surface area contributed by atoms with E-state index in [2.05, 4.69) is 37.4 Å². The summed E-state index contributed by atoms with van der Waals surface area (Å²) in [6.07, 6.45) is 2.51. The Balaban J connectivity index is 1.94. The third-order valence-electron chi connectivity index (χ3n) is 3.73. The first-order chi connectivity index (χ1) is 8.74. The first kappa shape index (κ1) is 12.1. The highest BCUT2D eigenvalue weighted by Crippen LogP contribution is 2.32. The van der Waals surface area contributed by atoms with Crippen LogP contribution < -0.4 is 5.32 Å². The van der Waals surface area contributed by atoms with Crippen LogP contribution in [0, 0.1) is 0 Å². The monoisotopic (exact) mass is 260 g/mol. The van der Waals surface area contributed by atoms with Crippen molar-refractivity contribution >= 4 is 21.6 Å². The number of nitrogens with zero attached hydrogens (tertiary/aromatic N) is 1. The van der Waals surface area contributed by atoms with Crippen molar-refractivity contribution in [3.05, 3.63) is 28.8 Å². The molecule has 1 saturated heterocycles. The number of nitrogens with one attached hydrogen (secondary N) is 1. The molecule has 2 aromatic rings. The fourth-order valence-corrected chi connectivity index (χ4v) is 3.57. The molecule has 0 radical (unpaired) electrons. The Morgan fingerprint density at radius 2 is 2.06 bits per heavy atom. The Morgan fingerprint density at radius 3 is 2.78 bits per heavy atom. The maximum absolute atomic E-state index is 4.77. The van der Waals surface area contributed by atoms with Crippen LogP contribution in [0.4, 0.5) is 0 Å². The van der Waals surface area contributed by atoms with Crippen molar-refractivity contribution in [3.8, 4) is 0 Å². The highest BCUT2D eigenvalue weighted by atomic mass is 32.1. The second kappa shape index (κ2) is 4.98. The summed E-state index contributed by atoms with van der Waals surface area (Å²) in [6.45, 7) is 6.73. The lowest BCUT2D eigenvalue weighted by molar-refractivity contribution is 0.460. The van der Waals surface area contributed by atoms with Gasteiger partial charge in [0.05, 0.1) is 15.2 Å². The van der Waals surface area contributed by atoms with E-state index in [0.717, 1.165) is 19.0 Å². The molecule has 1 N–H and O–H groups in total. The molecule has 1 aromatic carbocycles. The first-order valence-corrected chi connectivity index (χ1v) is 7.67. The van der Waals surface area contributed by atoms with Crippen LogP contribution in [-0.4, -0.2) is 18.1 Å². The van der Waals surface area contributed by atoms with Crippen molar-refractivity contribution in [2.45, 2.75) is 38.5 Å². The maximum atomic E-state index is 4.77. The van der Waals surface area contributed by atoms with Crippen molar-refractivity contribution in [3.63, 3.8) is 0 Å². The summed E-state index contributed by atoms with van der Waals surface area (Å²) in [5.74, 6) is 1.25. The molecule has 1 aromatic heterocycles. The minimum absolute atomic E-state index is 0.532. The van der Waals surface area contributed by atoms with E-state index in [1.807, 2.05) is 11.3 Å². The lowest BCUT2D eigenvalue weighted by atomic mass is 9.90. The Morgan fingerprint density at radius 1 is 1.28 bits per heavy atom. The van der Waals surface area contributed by atoms with Gasteiger partial charge in [0.2, 0.25) is 0 Å². The molecular weight excluding hydrogens is 240 g/mol. The molecule has 2 heterocycles. The van der Waals surface area contributed by atoms with Gasteiger partial charge in [-0.05, 0) is 49.5 Å². The van der Waals surface area contributed by atoms with Crippen molar-refractivity contribution in [1.82, 2.24) is 10.3 Å². The quantitative estimate of drug-likeness (QED) is 0.886. The van der Waals surface area contributed by atoms with Gasteiger partial charge < -0.3 is 5.32 Å².